The van der Waals surface area contributed by atoms with Crippen molar-refractivity contribution in [3.8, 4) is 0 Å². The Bertz CT molecular complexity index is 585. The van der Waals surface area contributed by atoms with Gasteiger partial charge in [0, 0.05) is 12.1 Å². The van der Waals surface area contributed by atoms with Gasteiger partial charge in [0.2, 0.25) is 0 Å². The summed E-state index contributed by atoms with van der Waals surface area (Å²) in [5, 5.41) is 11.3. The fourth-order valence-electron chi connectivity index (χ4n) is 1.86. The van der Waals surface area contributed by atoms with Crippen molar-refractivity contribution in [2.24, 2.45) is 5.92 Å². The van der Waals surface area contributed by atoms with Crippen molar-refractivity contribution in [2.45, 2.75) is 25.3 Å². The van der Waals surface area contributed by atoms with E-state index in [1.54, 1.807) is 0 Å². The number of H-pyrrole nitrogens is 2. The number of aromatic amines is 2. The van der Waals surface area contributed by atoms with E-state index in [0.29, 0.717) is 0 Å². The van der Waals surface area contributed by atoms with Crippen LogP contribution in [0.3, 0.4) is 0 Å². The minimum atomic E-state index is -1.00. The number of hydrogen-bond acceptors (Lipinski definition) is 4. The highest BCUT2D eigenvalue weighted by Crippen LogP contribution is 2.34. The van der Waals surface area contributed by atoms with Crippen molar-refractivity contribution >= 4 is 11.9 Å². The number of nitrogens with one attached hydrogen (secondary N) is 3. The molecule has 0 spiro atoms. The summed E-state index contributed by atoms with van der Waals surface area (Å²) in [4.78, 5) is 48.8. The minimum Gasteiger partial charge on any atom is -0.481 e. The minimum absolute atomic E-state index is 0.147. The number of hydrogen-bond donors (Lipinski definition) is 4. The first-order valence-corrected chi connectivity index (χ1v) is 5.82. The lowest BCUT2D eigenvalue weighted by molar-refractivity contribution is -0.137. The number of carboxylic acids is 1. The molecule has 0 bridgehead atoms. The van der Waals surface area contributed by atoms with Crippen molar-refractivity contribution in [2.75, 3.05) is 0 Å². The molecule has 1 fully saturated rings. The van der Waals surface area contributed by atoms with Crippen LogP contribution in [-0.4, -0.2) is 33.0 Å². The Morgan fingerprint density at radius 2 is 2.05 bits per heavy atom. The number of amides is 1. The van der Waals surface area contributed by atoms with Crippen LogP contribution in [0.25, 0.3) is 0 Å². The molecule has 1 atom stereocenters. The van der Waals surface area contributed by atoms with Gasteiger partial charge in [-0.3, -0.25) is 19.4 Å². The van der Waals surface area contributed by atoms with E-state index in [1.807, 2.05) is 4.98 Å². The Balaban J connectivity index is 2.12. The monoisotopic (exact) mass is 267 g/mol. The maximum Gasteiger partial charge on any atom is 0.326 e. The third kappa shape index (κ3) is 3.54. The molecule has 1 heterocycles. The lowest BCUT2D eigenvalue weighted by Crippen LogP contribution is -2.40. The first-order valence-electron chi connectivity index (χ1n) is 5.82. The van der Waals surface area contributed by atoms with Crippen LogP contribution in [0.2, 0.25) is 0 Å². The van der Waals surface area contributed by atoms with E-state index in [4.69, 9.17) is 5.11 Å². The van der Waals surface area contributed by atoms with Gasteiger partial charge in [-0.05, 0) is 18.8 Å². The van der Waals surface area contributed by atoms with Crippen LogP contribution in [0.1, 0.15) is 29.8 Å². The lowest BCUT2D eigenvalue weighted by atomic mass is 10.1. The topological polar surface area (TPSA) is 132 Å². The van der Waals surface area contributed by atoms with Gasteiger partial charge in [-0.2, -0.15) is 0 Å². The number of carboxylic acid groups (broad SMARTS) is 1. The SMILES string of the molecule is O=C(O)CC(NC(=O)c1cc(=O)[nH]c(=O)[nH]1)C1CC1. The smallest absolute Gasteiger partial charge is 0.326 e. The van der Waals surface area contributed by atoms with E-state index < -0.39 is 29.2 Å². The zero-order valence-electron chi connectivity index (χ0n) is 9.93. The van der Waals surface area contributed by atoms with Crippen LogP contribution >= 0.6 is 0 Å². The maximum absolute atomic E-state index is 11.8. The largest absolute Gasteiger partial charge is 0.481 e. The molecule has 1 aromatic rings. The molecule has 4 N–H and O–H groups in total. The molecular weight excluding hydrogens is 254 g/mol. The summed E-state index contributed by atoms with van der Waals surface area (Å²) >= 11 is 0. The molecule has 8 nitrogen and oxygen atoms in total. The molecule has 8 heteroatoms. The van der Waals surface area contributed by atoms with E-state index in [-0.39, 0.29) is 18.0 Å². The molecule has 0 aromatic carbocycles. The molecule has 0 aliphatic heterocycles. The fraction of sp³-hybridized carbons (Fsp3) is 0.455. The standard InChI is InChI=1S/C11H13N3O5/c15-8-3-7(13-11(19)14-8)10(18)12-6(4-9(16)17)5-1-2-5/h3,5-6H,1-2,4H2,(H,12,18)(H,16,17)(H2,13,14,15,19). The van der Waals surface area contributed by atoms with Gasteiger partial charge in [-0.15, -0.1) is 0 Å². The summed E-state index contributed by atoms with van der Waals surface area (Å²) < 4.78 is 0. The molecular formula is C11H13N3O5. The second kappa shape index (κ2) is 5.09. The number of carbonyl (C=O) groups is 2. The first-order chi connectivity index (χ1) is 8.95. The molecule has 1 aliphatic rings. The predicted octanol–water partition coefficient (Wildman–Crippen LogP) is -0.954. The van der Waals surface area contributed by atoms with Crippen molar-refractivity contribution < 1.29 is 14.7 Å². The predicted molar refractivity (Wildman–Crippen MR) is 63.9 cm³/mol. The van der Waals surface area contributed by atoms with E-state index in [2.05, 4.69) is 10.3 Å². The van der Waals surface area contributed by atoms with Gasteiger partial charge in [-0.1, -0.05) is 0 Å². The summed E-state index contributed by atoms with van der Waals surface area (Å²) in [7, 11) is 0. The number of aromatic nitrogens is 2. The zero-order chi connectivity index (χ0) is 14.0. The van der Waals surface area contributed by atoms with Crippen LogP contribution in [-0.2, 0) is 4.79 Å². The number of carbonyl (C=O) groups excluding carboxylic acids is 1. The molecule has 1 saturated carbocycles. The third-order valence-corrected chi connectivity index (χ3v) is 2.91. The molecule has 1 unspecified atom stereocenters. The average Bonchev–Trinajstić information content (AvgIpc) is 3.09. The van der Waals surface area contributed by atoms with Crippen molar-refractivity contribution in [3.63, 3.8) is 0 Å². The average molecular weight is 267 g/mol. The normalized spacial score (nSPS) is 15.8. The number of aliphatic carboxylic acids is 1. The highest BCUT2D eigenvalue weighted by Gasteiger charge is 2.34. The summed E-state index contributed by atoms with van der Waals surface area (Å²) in [5.74, 6) is -1.51. The van der Waals surface area contributed by atoms with Gasteiger partial charge in [0.05, 0.1) is 6.42 Å². The van der Waals surface area contributed by atoms with Crippen molar-refractivity contribution in [1.29, 1.82) is 0 Å². The van der Waals surface area contributed by atoms with Gasteiger partial charge in [0.15, 0.2) is 0 Å². The second-order valence-corrected chi connectivity index (χ2v) is 4.52. The molecule has 1 aliphatic carbocycles. The summed E-state index contributed by atoms with van der Waals surface area (Å²) in [6.07, 6.45) is 1.55. The van der Waals surface area contributed by atoms with E-state index in [1.165, 1.54) is 0 Å². The van der Waals surface area contributed by atoms with Gasteiger partial charge >= 0.3 is 11.7 Å². The molecule has 0 saturated heterocycles. The highest BCUT2D eigenvalue weighted by atomic mass is 16.4. The second-order valence-electron chi connectivity index (χ2n) is 4.52. The third-order valence-electron chi connectivity index (χ3n) is 2.91. The zero-order valence-corrected chi connectivity index (χ0v) is 9.93. The number of rotatable bonds is 5. The van der Waals surface area contributed by atoms with Gasteiger partial charge in [0.25, 0.3) is 11.5 Å². The van der Waals surface area contributed by atoms with Crippen LogP contribution in [0, 0.1) is 5.92 Å². The van der Waals surface area contributed by atoms with Gasteiger partial charge in [0.1, 0.15) is 5.69 Å². The molecule has 102 valence electrons. The quantitative estimate of drug-likeness (QED) is 0.546. The Hall–Kier alpha value is -2.38. The van der Waals surface area contributed by atoms with E-state index >= 15 is 0 Å². The molecule has 0 radical (unpaired) electrons. The van der Waals surface area contributed by atoms with Gasteiger partial charge < -0.3 is 15.4 Å². The molecule has 2 rings (SSSR count). The van der Waals surface area contributed by atoms with Crippen LogP contribution in [0.4, 0.5) is 0 Å². The van der Waals surface area contributed by atoms with Crippen LogP contribution in [0.5, 0.6) is 0 Å². The van der Waals surface area contributed by atoms with E-state index in [0.717, 1.165) is 18.9 Å². The molecule has 1 aromatic heterocycles. The van der Waals surface area contributed by atoms with Crippen molar-refractivity contribution in [3.05, 3.63) is 32.6 Å². The Labute approximate surface area is 106 Å². The highest BCUT2D eigenvalue weighted by molar-refractivity contribution is 5.92. The summed E-state index contributed by atoms with van der Waals surface area (Å²) in [6, 6.07) is 0.481. The Kier molecular flexibility index (Phi) is 3.50. The summed E-state index contributed by atoms with van der Waals surface area (Å²) in [5.41, 5.74) is -1.64. The maximum atomic E-state index is 11.8. The Morgan fingerprint density at radius 1 is 1.37 bits per heavy atom. The van der Waals surface area contributed by atoms with Gasteiger partial charge in [-0.25, -0.2) is 4.79 Å². The van der Waals surface area contributed by atoms with E-state index in [9.17, 15) is 19.2 Å². The molecule has 1 amide bonds. The Morgan fingerprint density at radius 3 is 2.58 bits per heavy atom. The first kappa shape index (κ1) is 13.1. The van der Waals surface area contributed by atoms with Crippen LogP contribution in [0.15, 0.2) is 15.7 Å². The lowest BCUT2D eigenvalue weighted by Gasteiger charge is -2.15. The fourth-order valence-corrected chi connectivity index (χ4v) is 1.86. The van der Waals surface area contributed by atoms with Crippen molar-refractivity contribution in [1.82, 2.24) is 15.3 Å². The summed E-state index contributed by atoms with van der Waals surface area (Å²) in [6.45, 7) is 0. The molecule has 19 heavy (non-hydrogen) atoms. The van der Waals surface area contributed by atoms with Crippen LogP contribution < -0.4 is 16.6 Å².